The van der Waals surface area contributed by atoms with Crippen LogP contribution in [-0.2, 0) is 9.53 Å². The van der Waals surface area contributed by atoms with Crippen molar-refractivity contribution in [2.45, 2.75) is 65.0 Å². The van der Waals surface area contributed by atoms with Gasteiger partial charge in [-0.1, -0.05) is 27.2 Å². The number of nitrogens with zero attached hydrogens (tertiary/aromatic N) is 1. The Balaban J connectivity index is 2.70. The van der Waals surface area contributed by atoms with Crippen LogP contribution < -0.4 is 5.32 Å². The summed E-state index contributed by atoms with van der Waals surface area (Å²) in [5, 5.41) is 3.41. The van der Waals surface area contributed by atoms with Gasteiger partial charge in [-0.2, -0.15) is 0 Å². The molecule has 0 spiro atoms. The van der Waals surface area contributed by atoms with E-state index in [0.717, 1.165) is 25.8 Å². The molecular formula is C16H32N2O2. The lowest BCUT2D eigenvalue weighted by Gasteiger charge is -2.36. The maximum Gasteiger partial charge on any atom is 0.240 e. The van der Waals surface area contributed by atoms with Gasteiger partial charge in [0, 0.05) is 19.7 Å². The van der Waals surface area contributed by atoms with Crippen LogP contribution in [0.5, 0.6) is 0 Å². The zero-order valence-electron chi connectivity index (χ0n) is 13.7. The second-order valence-electron chi connectivity index (χ2n) is 5.80. The van der Waals surface area contributed by atoms with Gasteiger partial charge in [0.05, 0.1) is 12.6 Å². The molecule has 0 bridgehead atoms. The van der Waals surface area contributed by atoms with Crippen LogP contribution in [-0.4, -0.2) is 49.7 Å². The van der Waals surface area contributed by atoms with Gasteiger partial charge >= 0.3 is 0 Å². The van der Waals surface area contributed by atoms with Gasteiger partial charge in [0.25, 0.3) is 0 Å². The molecule has 1 N–H and O–H groups in total. The summed E-state index contributed by atoms with van der Waals surface area (Å²) in [7, 11) is 1.70. The second-order valence-corrected chi connectivity index (χ2v) is 5.80. The number of methoxy groups -OCH3 is 1. The van der Waals surface area contributed by atoms with Crippen molar-refractivity contribution in [1.82, 2.24) is 10.2 Å². The fraction of sp³-hybridized carbons (Fsp3) is 0.938. The molecule has 0 aromatic carbocycles. The minimum absolute atomic E-state index is 0.00570. The molecule has 2 atom stereocenters. The van der Waals surface area contributed by atoms with Gasteiger partial charge < -0.3 is 15.0 Å². The molecule has 118 valence electrons. The smallest absolute Gasteiger partial charge is 0.240 e. The number of hydrogen-bond acceptors (Lipinski definition) is 3. The number of hydrogen-bond donors (Lipinski definition) is 1. The van der Waals surface area contributed by atoms with E-state index in [1.807, 2.05) is 4.90 Å². The van der Waals surface area contributed by atoms with Crippen LogP contribution in [0.2, 0.25) is 0 Å². The molecule has 4 nitrogen and oxygen atoms in total. The van der Waals surface area contributed by atoms with Crippen molar-refractivity contribution in [3.05, 3.63) is 0 Å². The Hall–Kier alpha value is -0.610. The topological polar surface area (TPSA) is 41.6 Å². The fourth-order valence-electron chi connectivity index (χ4n) is 3.15. The average Bonchev–Trinajstić information content (AvgIpc) is 2.50. The minimum atomic E-state index is 0.00570. The third-order valence-corrected chi connectivity index (χ3v) is 4.59. The molecule has 1 saturated heterocycles. The molecule has 1 aliphatic rings. The molecule has 1 aliphatic heterocycles. The fourth-order valence-corrected chi connectivity index (χ4v) is 3.15. The van der Waals surface area contributed by atoms with Crippen molar-refractivity contribution in [3.8, 4) is 0 Å². The molecular weight excluding hydrogens is 252 g/mol. The molecule has 1 rings (SSSR count). The lowest BCUT2D eigenvalue weighted by Crippen LogP contribution is -2.53. The maximum absolute atomic E-state index is 12.8. The highest BCUT2D eigenvalue weighted by Gasteiger charge is 2.31. The second kappa shape index (κ2) is 9.35. The SMILES string of the molecule is CCC1CCNC(C(=O)N(CCOC)C(CC)CC)C1. The number of carbonyl (C=O) groups is 1. The van der Waals surface area contributed by atoms with Crippen molar-refractivity contribution in [1.29, 1.82) is 0 Å². The molecule has 1 heterocycles. The number of nitrogens with one attached hydrogen (secondary N) is 1. The Morgan fingerprint density at radius 3 is 2.60 bits per heavy atom. The summed E-state index contributed by atoms with van der Waals surface area (Å²) in [6.45, 7) is 8.83. The van der Waals surface area contributed by atoms with Crippen LogP contribution in [0.15, 0.2) is 0 Å². The molecule has 0 aliphatic carbocycles. The lowest BCUT2D eigenvalue weighted by molar-refractivity contribution is -0.137. The lowest BCUT2D eigenvalue weighted by atomic mass is 9.89. The van der Waals surface area contributed by atoms with Gasteiger partial charge in [-0.15, -0.1) is 0 Å². The molecule has 0 radical (unpaired) electrons. The van der Waals surface area contributed by atoms with Gasteiger partial charge in [-0.05, 0) is 38.1 Å². The largest absolute Gasteiger partial charge is 0.383 e. The molecule has 20 heavy (non-hydrogen) atoms. The van der Waals surface area contributed by atoms with E-state index in [0.29, 0.717) is 25.1 Å². The first-order chi connectivity index (χ1) is 9.67. The summed E-state index contributed by atoms with van der Waals surface area (Å²) in [5.41, 5.74) is 0. The highest BCUT2D eigenvalue weighted by molar-refractivity contribution is 5.82. The standard InChI is InChI=1S/C16H32N2O2/c1-5-13-8-9-17-15(12-13)16(19)18(10-11-20-4)14(6-2)7-3/h13-15,17H,5-12H2,1-4H3. The van der Waals surface area contributed by atoms with E-state index in [1.165, 1.54) is 12.8 Å². The van der Waals surface area contributed by atoms with Gasteiger partial charge in [0.2, 0.25) is 5.91 Å². The summed E-state index contributed by atoms with van der Waals surface area (Å²) in [6.07, 6.45) is 5.38. The Bertz CT molecular complexity index is 280. The van der Waals surface area contributed by atoms with Crippen LogP contribution in [0.25, 0.3) is 0 Å². The molecule has 0 saturated carbocycles. The molecule has 0 aromatic heterocycles. The van der Waals surface area contributed by atoms with Crippen molar-refractivity contribution in [2.75, 3.05) is 26.8 Å². The van der Waals surface area contributed by atoms with Crippen LogP contribution >= 0.6 is 0 Å². The molecule has 2 unspecified atom stereocenters. The van der Waals surface area contributed by atoms with Crippen molar-refractivity contribution in [2.24, 2.45) is 5.92 Å². The van der Waals surface area contributed by atoms with Gasteiger partial charge in [0.15, 0.2) is 0 Å². The summed E-state index contributed by atoms with van der Waals surface area (Å²) < 4.78 is 5.18. The van der Waals surface area contributed by atoms with E-state index in [2.05, 4.69) is 26.1 Å². The maximum atomic E-state index is 12.8. The third kappa shape index (κ3) is 4.74. The van der Waals surface area contributed by atoms with E-state index in [4.69, 9.17) is 4.74 Å². The highest BCUT2D eigenvalue weighted by Crippen LogP contribution is 2.22. The first kappa shape index (κ1) is 17.4. The Kier molecular flexibility index (Phi) is 8.15. The average molecular weight is 284 g/mol. The number of carbonyl (C=O) groups excluding carboxylic acids is 1. The summed E-state index contributed by atoms with van der Waals surface area (Å²) in [6, 6.07) is 0.340. The number of ether oxygens (including phenoxy) is 1. The summed E-state index contributed by atoms with van der Waals surface area (Å²) in [5.74, 6) is 0.963. The zero-order chi connectivity index (χ0) is 15.0. The summed E-state index contributed by atoms with van der Waals surface area (Å²) in [4.78, 5) is 14.9. The van der Waals surface area contributed by atoms with E-state index in [9.17, 15) is 4.79 Å². The number of amides is 1. The predicted octanol–water partition coefficient (Wildman–Crippen LogP) is 2.43. The summed E-state index contributed by atoms with van der Waals surface area (Å²) >= 11 is 0. The molecule has 4 heteroatoms. The van der Waals surface area contributed by atoms with E-state index in [1.54, 1.807) is 7.11 Å². The quantitative estimate of drug-likeness (QED) is 0.744. The van der Waals surface area contributed by atoms with Gasteiger partial charge in [-0.25, -0.2) is 0 Å². The monoisotopic (exact) mass is 284 g/mol. The Morgan fingerprint density at radius 1 is 1.35 bits per heavy atom. The highest BCUT2D eigenvalue weighted by atomic mass is 16.5. The first-order valence-electron chi connectivity index (χ1n) is 8.20. The van der Waals surface area contributed by atoms with Crippen LogP contribution in [0.4, 0.5) is 0 Å². The normalized spacial score (nSPS) is 23.1. The van der Waals surface area contributed by atoms with Crippen molar-refractivity contribution in [3.63, 3.8) is 0 Å². The minimum Gasteiger partial charge on any atom is -0.383 e. The predicted molar refractivity (Wildman–Crippen MR) is 82.8 cm³/mol. The van der Waals surface area contributed by atoms with Crippen LogP contribution in [0, 0.1) is 5.92 Å². The van der Waals surface area contributed by atoms with E-state index in [-0.39, 0.29) is 11.9 Å². The molecule has 1 amide bonds. The van der Waals surface area contributed by atoms with Crippen molar-refractivity contribution >= 4 is 5.91 Å². The van der Waals surface area contributed by atoms with E-state index < -0.39 is 0 Å². The van der Waals surface area contributed by atoms with Crippen LogP contribution in [0.1, 0.15) is 52.9 Å². The molecule has 1 fully saturated rings. The van der Waals surface area contributed by atoms with Crippen molar-refractivity contribution < 1.29 is 9.53 Å². The number of rotatable bonds is 8. The molecule has 0 aromatic rings. The van der Waals surface area contributed by atoms with Gasteiger partial charge in [0.1, 0.15) is 0 Å². The Labute approximate surface area is 124 Å². The number of piperidine rings is 1. The van der Waals surface area contributed by atoms with E-state index >= 15 is 0 Å². The van der Waals surface area contributed by atoms with Crippen LogP contribution in [0.3, 0.4) is 0 Å². The first-order valence-corrected chi connectivity index (χ1v) is 8.20. The zero-order valence-corrected chi connectivity index (χ0v) is 13.7. The van der Waals surface area contributed by atoms with Gasteiger partial charge in [-0.3, -0.25) is 4.79 Å². The Morgan fingerprint density at radius 2 is 2.05 bits per heavy atom. The third-order valence-electron chi connectivity index (χ3n) is 4.59.